The Hall–Kier alpha value is -3.52. The lowest BCUT2D eigenvalue weighted by Gasteiger charge is -2.44. The average Bonchev–Trinajstić information content (AvgIpc) is 3.68. The number of rotatable bonds is 7. The summed E-state index contributed by atoms with van der Waals surface area (Å²) in [5, 5.41) is 10.3. The second kappa shape index (κ2) is 10.4. The number of nitrogens with two attached hydrogens (primary N) is 1. The second-order valence-electron chi connectivity index (χ2n) is 11.5. The number of carbonyl (C=O) groups is 1. The lowest BCUT2D eigenvalue weighted by molar-refractivity contribution is -0.135. The molecule has 9 nitrogen and oxygen atoms in total. The summed E-state index contributed by atoms with van der Waals surface area (Å²) in [7, 11) is -0.882. The molecule has 3 aliphatic rings. The topological polar surface area (TPSA) is 146 Å². The van der Waals surface area contributed by atoms with Crippen molar-refractivity contribution in [3.8, 4) is 34.5 Å². The summed E-state index contributed by atoms with van der Waals surface area (Å²) in [6.07, 6.45) is 4.28. The Kier molecular flexibility index (Phi) is 7.00. The molecular formula is C31H36N4O5S. The molecule has 6 rings (SSSR count). The smallest absolute Gasteiger partial charge is 0.230 e. The molecule has 2 saturated carbocycles. The predicted molar refractivity (Wildman–Crippen MR) is 159 cm³/mol. The number of hydrogen-bond acceptors (Lipinski definition) is 8. The molecule has 1 aromatic heterocycles. The summed E-state index contributed by atoms with van der Waals surface area (Å²) in [6.45, 7) is 1.16. The number of nitriles is 1. The molecule has 1 saturated heterocycles. The van der Waals surface area contributed by atoms with Crippen LogP contribution in [0, 0.1) is 22.2 Å². The van der Waals surface area contributed by atoms with Crippen LogP contribution in [0.5, 0.6) is 5.75 Å². The fourth-order valence-corrected chi connectivity index (χ4v) is 8.17. The van der Waals surface area contributed by atoms with Gasteiger partial charge in [0.25, 0.3) is 0 Å². The normalized spacial score (nSPS) is 25.6. The van der Waals surface area contributed by atoms with Gasteiger partial charge in [-0.3, -0.25) is 13.9 Å². The molecule has 2 atom stereocenters. The average molecular weight is 577 g/mol. The molecule has 3 fully saturated rings. The minimum Gasteiger partial charge on any atom is -0.496 e. The highest BCUT2D eigenvalue weighted by atomic mass is 32.3. The monoisotopic (exact) mass is 576 g/mol. The Bertz CT molecular complexity index is 1480. The number of nitrogens with zero attached hydrogens (tertiary/aromatic N) is 3. The quantitative estimate of drug-likeness (QED) is 0.309. The first-order chi connectivity index (χ1) is 19.7. The first-order valence-electron chi connectivity index (χ1n) is 14.2. The van der Waals surface area contributed by atoms with Crippen molar-refractivity contribution in [1.29, 1.82) is 5.26 Å². The number of hydrogen-bond donors (Lipinski definition) is 3. The summed E-state index contributed by atoms with van der Waals surface area (Å²) < 4.78 is 32.2. The van der Waals surface area contributed by atoms with Crippen LogP contribution in [0.2, 0.25) is 0 Å². The van der Waals surface area contributed by atoms with Crippen molar-refractivity contribution in [2.75, 3.05) is 36.6 Å². The van der Waals surface area contributed by atoms with Gasteiger partial charge in [0.15, 0.2) is 0 Å². The highest BCUT2D eigenvalue weighted by molar-refractivity contribution is 8.24. The summed E-state index contributed by atoms with van der Waals surface area (Å²) >= 11 is 0. The van der Waals surface area contributed by atoms with Crippen molar-refractivity contribution >= 4 is 22.2 Å². The first kappa shape index (κ1) is 27.6. The summed E-state index contributed by atoms with van der Waals surface area (Å²) in [5.41, 5.74) is 7.55. The summed E-state index contributed by atoms with van der Waals surface area (Å²) in [4.78, 5) is 20.5. The molecule has 3 aromatic rings. The maximum Gasteiger partial charge on any atom is 0.230 e. The SMILES string of the molecule is COc1ccccc1-c1nc(-c2ccc(N3CCS(O)(O)CC3)cc2)c(C2CCCCC2(C(N)=O)C2(C#N)CC2)o1. The van der Waals surface area contributed by atoms with E-state index in [1.807, 2.05) is 48.5 Å². The van der Waals surface area contributed by atoms with Gasteiger partial charge in [0.05, 0.1) is 41.1 Å². The van der Waals surface area contributed by atoms with E-state index in [9.17, 15) is 19.2 Å². The Labute approximate surface area is 241 Å². The van der Waals surface area contributed by atoms with Crippen LogP contribution in [0.3, 0.4) is 0 Å². The molecule has 0 spiro atoms. The van der Waals surface area contributed by atoms with E-state index in [0.29, 0.717) is 78.9 Å². The van der Waals surface area contributed by atoms with E-state index in [-0.39, 0.29) is 5.92 Å². The van der Waals surface area contributed by atoms with Crippen LogP contribution in [0.25, 0.3) is 22.7 Å². The molecule has 10 heteroatoms. The Morgan fingerprint density at radius 1 is 1.12 bits per heavy atom. The molecule has 4 N–H and O–H groups in total. The standard InChI is InChI=1S/C31H36N4O5S/c1-39-25-8-3-2-6-23(25)28-34-26(21-9-11-22(12-10-21)35-16-18-41(37,38)19-17-35)27(40-28)24-7-4-5-13-31(24,29(33)36)30(20-32)14-15-30/h2-3,6,8-12,24,37-38H,4-5,7,13-19H2,1H3,(H2,33,36). The summed E-state index contributed by atoms with van der Waals surface area (Å²) in [5.74, 6) is 1.51. The number of amides is 1. The number of ether oxygens (including phenoxy) is 1. The number of benzene rings is 2. The van der Waals surface area contributed by atoms with E-state index in [4.69, 9.17) is 19.9 Å². The van der Waals surface area contributed by atoms with E-state index in [1.54, 1.807) is 7.11 Å². The van der Waals surface area contributed by atoms with Crippen molar-refractivity contribution < 1.29 is 23.1 Å². The lowest BCUT2D eigenvalue weighted by Crippen LogP contribution is -2.50. The molecule has 2 heterocycles. The van der Waals surface area contributed by atoms with E-state index in [1.165, 1.54) is 0 Å². The van der Waals surface area contributed by atoms with E-state index in [2.05, 4.69) is 11.0 Å². The van der Waals surface area contributed by atoms with Gasteiger partial charge in [0, 0.05) is 30.3 Å². The van der Waals surface area contributed by atoms with Gasteiger partial charge in [-0.15, -0.1) is 0 Å². The zero-order valence-corrected chi connectivity index (χ0v) is 24.0. The van der Waals surface area contributed by atoms with Crippen LogP contribution < -0.4 is 15.4 Å². The van der Waals surface area contributed by atoms with E-state index < -0.39 is 27.3 Å². The maximum atomic E-state index is 13.3. The molecule has 1 aliphatic heterocycles. The molecule has 2 unspecified atom stereocenters. The molecule has 41 heavy (non-hydrogen) atoms. The molecule has 2 aliphatic carbocycles. The van der Waals surface area contributed by atoms with Gasteiger partial charge in [-0.05, 0) is 49.9 Å². The first-order valence-corrected chi connectivity index (χ1v) is 16.1. The number of para-hydroxylation sites is 1. The lowest BCUT2D eigenvalue weighted by atomic mass is 9.56. The number of methoxy groups -OCH3 is 1. The van der Waals surface area contributed by atoms with Crippen molar-refractivity contribution in [3.63, 3.8) is 0 Å². The zero-order chi connectivity index (χ0) is 28.8. The minimum atomic E-state index is -2.48. The van der Waals surface area contributed by atoms with Crippen LogP contribution in [0.15, 0.2) is 52.9 Å². The van der Waals surface area contributed by atoms with Crippen LogP contribution in [-0.4, -0.2) is 51.7 Å². The van der Waals surface area contributed by atoms with Crippen LogP contribution in [-0.2, 0) is 4.79 Å². The summed E-state index contributed by atoms with van der Waals surface area (Å²) in [6, 6.07) is 18.0. The Balaban J connectivity index is 1.46. The van der Waals surface area contributed by atoms with Crippen molar-refractivity contribution in [2.45, 2.75) is 44.4 Å². The van der Waals surface area contributed by atoms with E-state index in [0.717, 1.165) is 24.1 Å². The Morgan fingerprint density at radius 2 is 1.83 bits per heavy atom. The second-order valence-corrected chi connectivity index (χ2v) is 13.9. The van der Waals surface area contributed by atoms with Gasteiger partial charge in [-0.2, -0.15) is 15.9 Å². The van der Waals surface area contributed by atoms with Gasteiger partial charge in [-0.1, -0.05) is 37.1 Å². The van der Waals surface area contributed by atoms with Gasteiger partial charge in [0.2, 0.25) is 11.8 Å². The molecule has 2 aromatic carbocycles. The van der Waals surface area contributed by atoms with Crippen molar-refractivity contribution in [3.05, 3.63) is 54.3 Å². The third kappa shape index (κ3) is 4.66. The fourth-order valence-electron chi connectivity index (χ4n) is 6.94. The van der Waals surface area contributed by atoms with Gasteiger partial charge in [-0.25, -0.2) is 4.98 Å². The largest absolute Gasteiger partial charge is 0.496 e. The molecule has 1 amide bonds. The van der Waals surface area contributed by atoms with E-state index >= 15 is 0 Å². The van der Waals surface area contributed by atoms with Crippen LogP contribution >= 0.6 is 10.6 Å². The number of aromatic nitrogens is 1. The Morgan fingerprint density at radius 3 is 2.46 bits per heavy atom. The highest BCUT2D eigenvalue weighted by Crippen LogP contribution is 2.68. The van der Waals surface area contributed by atoms with Crippen molar-refractivity contribution in [1.82, 2.24) is 4.98 Å². The number of carbonyl (C=O) groups excluding carboxylic acids is 1. The molecular weight excluding hydrogens is 540 g/mol. The number of primary amides is 1. The maximum absolute atomic E-state index is 13.3. The van der Waals surface area contributed by atoms with Gasteiger partial charge >= 0.3 is 0 Å². The van der Waals surface area contributed by atoms with Gasteiger partial charge < -0.3 is 19.8 Å². The number of oxazole rings is 1. The van der Waals surface area contributed by atoms with Gasteiger partial charge in [0.1, 0.15) is 17.2 Å². The van der Waals surface area contributed by atoms with Crippen molar-refractivity contribution in [2.24, 2.45) is 16.6 Å². The molecule has 216 valence electrons. The number of anilines is 1. The third-order valence-corrected chi connectivity index (χ3v) is 11.0. The molecule has 0 bridgehead atoms. The van der Waals surface area contributed by atoms with Crippen LogP contribution in [0.1, 0.15) is 50.2 Å². The predicted octanol–water partition coefficient (Wildman–Crippen LogP) is 6.02. The highest BCUT2D eigenvalue weighted by Gasteiger charge is 2.67. The van der Waals surface area contributed by atoms with Crippen LogP contribution in [0.4, 0.5) is 5.69 Å². The fraction of sp³-hybridized carbons (Fsp3) is 0.452. The third-order valence-electron chi connectivity index (χ3n) is 9.36. The molecule has 0 radical (unpaired) electrons. The minimum absolute atomic E-state index is 0.363. The zero-order valence-electron chi connectivity index (χ0n) is 23.2.